The number of fused-ring (bicyclic) bond motifs is 1. The topological polar surface area (TPSA) is 67.8 Å². The van der Waals surface area contributed by atoms with Crippen LogP contribution in [0.4, 0.5) is 5.82 Å². The molecule has 178 valence electrons. The lowest BCUT2D eigenvalue weighted by Gasteiger charge is -2.35. The summed E-state index contributed by atoms with van der Waals surface area (Å²) in [6, 6.07) is 25.9. The van der Waals surface area contributed by atoms with Gasteiger partial charge in [-0.15, -0.1) is 10.2 Å². The molecule has 0 bridgehead atoms. The molecule has 2 heterocycles. The Balaban J connectivity index is 1.13. The second-order valence-electron chi connectivity index (χ2n) is 8.40. The van der Waals surface area contributed by atoms with Gasteiger partial charge in [0, 0.05) is 31.7 Å². The molecule has 3 aromatic carbocycles. The molecular weight excluding hydrogens is 440 g/mol. The van der Waals surface area contributed by atoms with Crippen LogP contribution in [0, 0.1) is 0 Å². The zero-order chi connectivity index (χ0) is 24.0. The molecule has 0 radical (unpaired) electrons. The van der Waals surface area contributed by atoms with Crippen LogP contribution in [0.3, 0.4) is 0 Å². The van der Waals surface area contributed by atoms with Crippen LogP contribution < -0.4 is 14.4 Å². The number of hydrogen-bond donors (Lipinski definition) is 0. The standard InChI is InChI=1S/C28H28N4O3/c1-2-34-24-9-11-25(12-10-24)35-20-28(33)32-17-15-31(16-18-32)27-14-13-26(29-30-27)23-8-7-21-5-3-4-6-22(21)19-23/h3-14,19H,2,15-18,20H2,1H3. The van der Waals surface area contributed by atoms with E-state index in [0.717, 1.165) is 22.8 Å². The smallest absolute Gasteiger partial charge is 0.260 e. The van der Waals surface area contributed by atoms with Crippen LogP contribution >= 0.6 is 0 Å². The number of benzene rings is 3. The largest absolute Gasteiger partial charge is 0.494 e. The van der Waals surface area contributed by atoms with E-state index in [-0.39, 0.29) is 12.5 Å². The molecule has 0 saturated carbocycles. The summed E-state index contributed by atoms with van der Waals surface area (Å²) in [7, 11) is 0. The maximum Gasteiger partial charge on any atom is 0.260 e. The lowest BCUT2D eigenvalue weighted by molar-refractivity contribution is -0.133. The molecule has 1 aromatic heterocycles. The Hall–Kier alpha value is -4.13. The second-order valence-corrected chi connectivity index (χ2v) is 8.40. The van der Waals surface area contributed by atoms with Crippen molar-refractivity contribution in [3.63, 3.8) is 0 Å². The van der Waals surface area contributed by atoms with Gasteiger partial charge in [0.25, 0.3) is 5.91 Å². The third-order valence-electron chi connectivity index (χ3n) is 6.15. The molecular formula is C28H28N4O3. The first-order valence-electron chi connectivity index (χ1n) is 11.9. The van der Waals surface area contributed by atoms with Crippen LogP contribution in [-0.2, 0) is 4.79 Å². The highest BCUT2D eigenvalue weighted by atomic mass is 16.5. The van der Waals surface area contributed by atoms with Gasteiger partial charge in [-0.3, -0.25) is 4.79 Å². The number of ether oxygens (including phenoxy) is 2. The van der Waals surface area contributed by atoms with E-state index >= 15 is 0 Å². The van der Waals surface area contributed by atoms with Gasteiger partial charge in [0.05, 0.1) is 12.3 Å². The highest BCUT2D eigenvalue weighted by Crippen LogP contribution is 2.24. The normalized spacial score (nSPS) is 13.6. The molecule has 1 fully saturated rings. The van der Waals surface area contributed by atoms with E-state index in [0.29, 0.717) is 38.5 Å². The first kappa shape index (κ1) is 22.7. The molecule has 7 heteroatoms. The van der Waals surface area contributed by atoms with Crippen LogP contribution in [0.1, 0.15) is 6.92 Å². The number of rotatable bonds is 7. The Labute approximate surface area is 204 Å². The zero-order valence-corrected chi connectivity index (χ0v) is 19.8. The number of amides is 1. The van der Waals surface area contributed by atoms with Crippen molar-refractivity contribution in [2.45, 2.75) is 6.92 Å². The summed E-state index contributed by atoms with van der Waals surface area (Å²) in [5.74, 6) is 2.25. The number of piperazine rings is 1. The van der Waals surface area contributed by atoms with Crippen LogP contribution in [-0.4, -0.2) is 60.4 Å². The summed E-state index contributed by atoms with van der Waals surface area (Å²) in [5.41, 5.74) is 1.89. The maximum atomic E-state index is 12.6. The first-order chi connectivity index (χ1) is 17.2. The summed E-state index contributed by atoms with van der Waals surface area (Å²) in [4.78, 5) is 16.6. The van der Waals surface area contributed by atoms with Crippen LogP contribution in [0.25, 0.3) is 22.0 Å². The molecule has 1 saturated heterocycles. The van der Waals surface area contributed by atoms with E-state index < -0.39 is 0 Å². The number of anilines is 1. The number of hydrogen-bond acceptors (Lipinski definition) is 6. The van der Waals surface area contributed by atoms with Gasteiger partial charge >= 0.3 is 0 Å². The molecule has 1 amide bonds. The molecule has 5 rings (SSSR count). The average molecular weight is 469 g/mol. The predicted molar refractivity (Wildman–Crippen MR) is 137 cm³/mol. The van der Waals surface area contributed by atoms with Gasteiger partial charge in [-0.1, -0.05) is 36.4 Å². The van der Waals surface area contributed by atoms with Gasteiger partial charge < -0.3 is 19.3 Å². The Bertz CT molecular complexity index is 1280. The fourth-order valence-electron chi connectivity index (χ4n) is 4.22. The summed E-state index contributed by atoms with van der Waals surface area (Å²) in [6.45, 7) is 5.24. The van der Waals surface area contributed by atoms with Gasteiger partial charge in [0.15, 0.2) is 12.4 Å². The van der Waals surface area contributed by atoms with E-state index in [4.69, 9.17) is 9.47 Å². The third-order valence-corrected chi connectivity index (χ3v) is 6.15. The summed E-state index contributed by atoms with van der Waals surface area (Å²) in [6.07, 6.45) is 0. The van der Waals surface area contributed by atoms with E-state index in [9.17, 15) is 4.79 Å². The molecule has 1 aliphatic rings. The minimum absolute atomic E-state index is 0.0173. The second kappa shape index (κ2) is 10.4. The van der Waals surface area contributed by atoms with Crippen molar-refractivity contribution in [3.8, 4) is 22.8 Å². The van der Waals surface area contributed by atoms with Crippen molar-refractivity contribution < 1.29 is 14.3 Å². The molecule has 0 aliphatic carbocycles. The molecule has 0 atom stereocenters. The van der Waals surface area contributed by atoms with Crippen molar-refractivity contribution in [2.75, 3.05) is 44.3 Å². The first-order valence-corrected chi connectivity index (χ1v) is 11.9. The fourth-order valence-corrected chi connectivity index (χ4v) is 4.22. The van der Waals surface area contributed by atoms with Crippen molar-refractivity contribution in [2.24, 2.45) is 0 Å². The summed E-state index contributed by atoms with van der Waals surface area (Å²) >= 11 is 0. The summed E-state index contributed by atoms with van der Waals surface area (Å²) in [5, 5.41) is 11.3. The van der Waals surface area contributed by atoms with Gasteiger partial charge in [0.2, 0.25) is 0 Å². The number of aromatic nitrogens is 2. The van der Waals surface area contributed by atoms with Crippen molar-refractivity contribution in [1.82, 2.24) is 15.1 Å². The van der Waals surface area contributed by atoms with Crippen LogP contribution in [0.5, 0.6) is 11.5 Å². The minimum atomic E-state index is -0.0173. The molecule has 1 aliphatic heterocycles. The minimum Gasteiger partial charge on any atom is -0.494 e. The van der Waals surface area contributed by atoms with E-state index in [1.54, 1.807) is 0 Å². The Kier molecular flexibility index (Phi) is 6.75. The highest BCUT2D eigenvalue weighted by Gasteiger charge is 2.22. The molecule has 0 N–H and O–H groups in total. The number of carbonyl (C=O) groups is 1. The molecule has 7 nitrogen and oxygen atoms in total. The van der Waals surface area contributed by atoms with Crippen molar-refractivity contribution in [1.29, 1.82) is 0 Å². The van der Waals surface area contributed by atoms with Crippen molar-refractivity contribution >= 4 is 22.5 Å². The Morgan fingerprint density at radius 2 is 1.51 bits per heavy atom. The molecule has 0 spiro atoms. The van der Waals surface area contributed by atoms with Crippen LogP contribution in [0.15, 0.2) is 78.9 Å². The van der Waals surface area contributed by atoms with Crippen LogP contribution in [0.2, 0.25) is 0 Å². The fraction of sp³-hybridized carbons (Fsp3) is 0.250. The van der Waals surface area contributed by atoms with Gasteiger partial charge in [-0.05, 0) is 60.2 Å². The molecule has 4 aromatic rings. The van der Waals surface area contributed by atoms with Gasteiger partial charge in [-0.25, -0.2) is 0 Å². The SMILES string of the molecule is CCOc1ccc(OCC(=O)N2CCN(c3ccc(-c4ccc5ccccc5c4)nn3)CC2)cc1. The maximum absolute atomic E-state index is 12.6. The third kappa shape index (κ3) is 5.35. The average Bonchev–Trinajstić information content (AvgIpc) is 2.92. The molecule has 35 heavy (non-hydrogen) atoms. The number of carbonyl (C=O) groups excluding carboxylic acids is 1. The van der Waals surface area contributed by atoms with E-state index in [1.165, 1.54) is 10.8 Å². The van der Waals surface area contributed by atoms with Crippen molar-refractivity contribution in [3.05, 3.63) is 78.9 Å². The predicted octanol–water partition coefficient (Wildman–Crippen LogP) is 4.42. The van der Waals surface area contributed by atoms with E-state index in [2.05, 4.69) is 45.4 Å². The monoisotopic (exact) mass is 468 g/mol. The molecule has 0 unspecified atom stereocenters. The lowest BCUT2D eigenvalue weighted by Crippen LogP contribution is -2.50. The van der Waals surface area contributed by atoms with Gasteiger partial charge in [0.1, 0.15) is 11.5 Å². The van der Waals surface area contributed by atoms with Gasteiger partial charge in [-0.2, -0.15) is 0 Å². The Morgan fingerprint density at radius 1 is 0.800 bits per heavy atom. The summed E-state index contributed by atoms with van der Waals surface area (Å²) < 4.78 is 11.1. The zero-order valence-electron chi connectivity index (χ0n) is 19.8. The lowest BCUT2D eigenvalue weighted by atomic mass is 10.1. The van der Waals surface area contributed by atoms with E-state index in [1.807, 2.05) is 60.4 Å². The Morgan fingerprint density at radius 3 is 2.20 bits per heavy atom. The number of nitrogens with zero attached hydrogens (tertiary/aromatic N) is 4. The highest BCUT2D eigenvalue weighted by molar-refractivity contribution is 5.86. The quantitative estimate of drug-likeness (QED) is 0.400.